The molecule has 124 valence electrons. The molecule has 0 bridgehead atoms. The average Bonchev–Trinajstić information content (AvgIpc) is 2.93. The van der Waals surface area contributed by atoms with Gasteiger partial charge in [0.25, 0.3) is 5.22 Å². The summed E-state index contributed by atoms with van der Waals surface area (Å²) in [6.45, 7) is 4.15. The summed E-state index contributed by atoms with van der Waals surface area (Å²) >= 11 is 7.04. The summed E-state index contributed by atoms with van der Waals surface area (Å²) in [6, 6.07) is 6.68. The van der Waals surface area contributed by atoms with Gasteiger partial charge in [0.2, 0.25) is 11.8 Å². The summed E-state index contributed by atoms with van der Waals surface area (Å²) < 4.78 is 5.48. The summed E-state index contributed by atoms with van der Waals surface area (Å²) in [5.74, 6) is 0.824. The average molecular weight is 355 g/mol. The first kappa shape index (κ1) is 17.8. The van der Waals surface area contributed by atoms with Crippen molar-refractivity contribution in [2.75, 3.05) is 11.1 Å². The van der Waals surface area contributed by atoms with Gasteiger partial charge in [-0.1, -0.05) is 43.3 Å². The van der Waals surface area contributed by atoms with Gasteiger partial charge in [0.1, 0.15) is 0 Å². The van der Waals surface area contributed by atoms with E-state index in [0.717, 1.165) is 6.42 Å². The number of anilines is 1. The van der Waals surface area contributed by atoms with E-state index in [1.807, 2.05) is 0 Å². The lowest BCUT2D eigenvalue weighted by Crippen LogP contribution is -2.14. The molecular formula is C15H19ClN4O2S. The number of benzene rings is 1. The van der Waals surface area contributed by atoms with Crippen LogP contribution in [-0.4, -0.2) is 21.9 Å². The number of halogens is 1. The number of nitrogens with one attached hydrogen (secondary N) is 1. The van der Waals surface area contributed by atoms with Crippen LogP contribution in [0.2, 0.25) is 5.02 Å². The van der Waals surface area contributed by atoms with Crippen LogP contribution in [0.4, 0.5) is 5.69 Å². The fourth-order valence-corrected chi connectivity index (χ4v) is 2.69. The van der Waals surface area contributed by atoms with E-state index in [1.54, 1.807) is 24.3 Å². The Kier molecular flexibility index (Phi) is 6.44. The molecule has 0 saturated carbocycles. The Morgan fingerprint density at radius 3 is 2.91 bits per heavy atom. The van der Waals surface area contributed by atoms with E-state index >= 15 is 0 Å². The monoisotopic (exact) mass is 354 g/mol. The van der Waals surface area contributed by atoms with E-state index in [4.69, 9.17) is 21.8 Å². The standard InChI is InChI=1S/C15H19ClN4O2S/c1-9(2)6-12(17)14-19-20-15(22-14)23-8-13(21)18-11-5-3-4-10(16)7-11/h3-5,7,9,12H,6,8,17H2,1-2H3,(H,18,21)/t12-/m1/s1. The number of rotatable bonds is 7. The third kappa shape index (κ3) is 5.85. The maximum absolute atomic E-state index is 11.9. The molecule has 0 radical (unpaired) electrons. The summed E-state index contributed by atoms with van der Waals surface area (Å²) in [6.07, 6.45) is 0.765. The van der Waals surface area contributed by atoms with Gasteiger partial charge in [0, 0.05) is 10.7 Å². The quantitative estimate of drug-likeness (QED) is 0.739. The predicted octanol–water partition coefficient (Wildman–Crippen LogP) is 3.50. The van der Waals surface area contributed by atoms with E-state index in [9.17, 15) is 4.79 Å². The Hall–Kier alpha value is -1.57. The van der Waals surface area contributed by atoms with Gasteiger partial charge in [0.15, 0.2) is 0 Å². The highest BCUT2D eigenvalue weighted by Crippen LogP contribution is 2.22. The van der Waals surface area contributed by atoms with Crippen LogP contribution in [0, 0.1) is 5.92 Å². The molecule has 0 fully saturated rings. The van der Waals surface area contributed by atoms with Crippen molar-refractivity contribution in [3.05, 3.63) is 35.2 Å². The van der Waals surface area contributed by atoms with E-state index in [2.05, 4.69) is 29.4 Å². The lowest BCUT2D eigenvalue weighted by molar-refractivity contribution is -0.113. The van der Waals surface area contributed by atoms with Gasteiger partial charge in [-0.25, -0.2) is 0 Å². The fraction of sp³-hybridized carbons (Fsp3) is 0.400. The Balaban J connectivity index is 1.84. The zero-order valence-electron chi connectivity index (χ0n) is 13.0. The molecule has 0 aliphatic carbocycles. The topological polar surface area (TPSA) is 94.0 Å². The Morgan fingerprint density at radius 2 is 2.22 bits per heavy atom. The van der Waals surface area contributed by atoms with Crippen LogP contribution in [0.5, 0.6) is 0 Å². The van der Waals surface area contributed by atoms with Crippen LogP contribution in [0.15, 0.2) is 33.9 Å². The smallest absolute Gasteiger partial charge is 0.277 e. The van der Waals surface area contributed by atoms with Crippen LogP contribution >= 0.6 is 23.4 Å². The molecule has 2 rings (SSSR count). The maximum Gasteiger partial charge on any atom is 0.277 e. The number of nitrogens with two attached hydrogens (primary N) is 1. The number of aromatic nitrogens is 2. The van der Waals surface area contributed by atoms with Gasteiger partial charge in [-0.05, 0) is 30.5 Å². The summed E-state index contributed by atoms with van der Waals surface area (Å²) in [5, 5.41) is 11.5. The van der Waals surface area contributed by atoms with Crippen LogP contribution < -0.4 is 11.1 Å². The zero-order valence-corrected chi connectivity index (χ0v) is 14.5. The highest BCUT2D eigenvalue weighted by atomic mass is 35.5. The van der Waals surface area contributed by atoms with Crippen LogP contribution in [0.3, 0.4) is 0 Å². The highest BCUT2D eigenvalue weighted by molar-refractivity contribution is 7.99. The van der Waals surface area contributed by atoms with E-state index < -0.39 is 0 Å². The molecule has 3 N–H and O–H groups in total. The Bertz CT molecular complexity index is 662. The molecule has 23 heavy (non-hydrogen) atoms. The minimum atomic E-state index is -0.280. The molecule has 1 aromatic carbocycles. The molecule has 0 aliphatic rings. The molecule has 8 heteroatoms. The number of nitrogens with zero attached hydrogens (tertiary/aromatic N) is 2. The van der Waals surface area contributed by atoms with Crippen molar-refractivity contribution in [3.8, 4) is 0 Å². The summed E-state index contributed by atoms with van der Waals surface area (Å²) in [4.78, 5) is 11.9. The van der Waals surface area contributed by atoms with Gasteiger partial charge in [-0.15, -0.1) is 10.2 Å². The van der Waals surface area contributed by atoms with Crippen LogP contribution in [-0.2, 0) is 4.79 Å². The van der Waals surface area contributed by atoms with Gasteiger partial charge in [-0.2, -0.15) is 0 Å². The van der Waals surface area contributed by atoms with Crippen molar-refractivity contribution in [1.29, 1.82) is 0 Å². The second-order valence-electron chi connectivity index (χ2n) is 5.49. The third-order valence-corrected chi connectivity index (χ3v) is 3.95. The molecule has 2 aromatic rings. The lowest BCUT2D eigenvalue weighted by atomic mass is 10.1. The summed E-state index contributed by atoms with van der Waals surface area (Å²) in [5.41, 5.74) is 6.63. The first-order valence-corrected chi connectivity index (χ1v) is 8.57. The molecule has 0 aliphatic heterocycles. The molecule has 0 spiro atoms. The van der Waals surface area contributed by atoms with Gasteiger partial charge < -0.3 is 15.5 Å². The normalized spacial score (nSPS) is 12.4. The molecule has 1 aromatic heterocycles. The minimum absolute atomic E-state index is 0.160. The Morgan fingerprint density at radius 1 is 1.43 bits per heavy atom. The summed E-state index contributed by atoms with van der Waals surface area (Å²) in [7, 11) is 0. The predicted molar refractivity (Wildman–Crippen MR) is 91.5 cm³/mol. The van der Waals surface area contributed by atoms with Gasteiger partial charge in [-0.3, -0.25) is 4.79 Å². The first-order chi connectivity index (χ1) is 10.9. The SMILES string of the molecule is CC(C)C[C@@H](N)c1nnc(SCC(=O)Nc2cccc(Cl)c2)o1. The van der Waals surface area contributed by atoms with Crippen molar-refractivity contribution in [2.45, 2.75) is 31.5 Å². The molecule has 1 amide bonds. The first-order valence-electron chi connectivity index (χ1n) is 7.21. The van der Waals surface area contributed by atoms with Crippen molar-refractivity contribution < 1.29 is 9.21 Å². The molecule has 1 heterocycles. The third-order valence-electron chi connectivity index (χ3n) is 2.90. The zero-order chi connectivity index (χ0) is 16.8. The van der Waals surface area contributed by atoms with Gasteiger partial charge >= 0.3 is 0 Å². The molecular weight excluding hydrogens is 336 g/mol. The lowest BCUT2D eigenvalue weighted by Gasteiger charge is -2.08. The molecule has 6 nitrogen and oxygen atoms in total. The van der Waals surface area contributed by atoms with Crippen molar-refractivity contribution >= 4 is 35.0 Å². The van der Waals surface area contributed by atoms with Crippen molar-refractivity contribution in [2.24, 2.45) is 11.7 Å². The van der Waals surface area contributed by atoms with Crippen molar-refractivity contribution in [1.82, 2.24) is 10.2 Å². The van der Waals surface area contributed by atoms with E-state index in [0.29, 0.717) is 27.7 Å². The molecule has 0 unspecified atom stereocenters. The van der Waals surface area contributed by atoms with Gasteiger partial charge in [0.05, 0.1) is 11.8 Å². The van der Waals surface area contributed by atoms with E-state index in [1.165, 1.54) is 11.8 Å². The number of thioether (sulfide) groups is 1. The number of carbonyl (C=O) groups is 1. The van der Waals surface area contributed by atoms with Crippen LogP contribution in [0.1, 0.15) is 32.2 Å². The minimum Gasteiger partial charge on any atom is -0.414 e. The second-order valence-corrected chi connectivity index (χ2v) is 6.85. The fourth-order valence-electron chi connectivity index (χ4n) is 1.93. The highest BCUT2D eigenvalue weighted by Gasteiger charge is 2.16. The van der Waals surface area contributed by atoms with E-state index in [-0.39, 0.29) is 17.7 Å². The Labute approximate surface area is 144 Å². The maximum atomic E-state index is 11.9. The molecule has 0 saturated heterocycles. The number of amides is 1. The van der Waals surface area contributed by atoms with Crippen LogP contribution in [0.25, 0.3) is 0 Å². The van der Waals surface area contributed by atoms with Crippen molar-refractivity contribution in [3.63, 3.8) is 0 Å². The number of hydrogen-bond donors (Lipinski definition) is 2. The second kappa shape index (κ2) is 8.33. The largest absolute Gasteiger partial charge is 0.414 e. The number of hydrogen-bond acceptors (Lipinski definition) is 6. The number of carbonyl (C=O) groups excluding carboxylic acids is 1. The molecule has 1 atom stereocenters.